The Kier molecular flexibility index (Phi) is 4.13. The number of rotatable bonds is 4. The average molecular weight is 301 g/mol. The Hall–Kier alpha value is -1.43. The van der Waals surface area contributed by atoms with Gasteiger partial charge in [-0.1, -0.05) is 6.07 Å². The van der Waals surface area contributed by atoms with Crippen molar-refractivity contribution in [2.45, 2.75) is 23.9 Å². The second-order valence-electron chi connectivity index (χ2n) is 4.69. The standard InChI is InChI=1S/C14H14F3NOS/c1-20-12-7-10(14(15,16)17)5-4-9(12)6-11(18)13(19)8-2-3-8/h4-8H,2-3,18H2,1H3/b11-6-. The van der Waals surface area contributed by atoms with E-state index in [0.717, 1.165) is 25.0 Å². The number of hydrogen-bond acceptors (Lipinski definition) is 3. The summed E-state index contributed by atoms with van der Waals surface area (Å²) in [6, 6.07) is 3.42. The number of allylic oxidation sites excluding steroid dienone is 1. The van der Waals surface area contributed by atoms with E-state index < -0.39 is 11.7 Å². The summed E-state index contributed by atoms with van der Waals surface area (Å²) in [5.41, 5.74) is 5.67. The van der Waals surface area contributed by atoms with Crippen LogP contribution in [0.15, 0.2) is 28.8 Å². The van der Waals surface area contributed by atoms with Gasteiger partial charge in [0.15, 0.2) is 5.78 Å². The summed E-state index contributed by atoms with van der Waals surface area (Å²) in [5, 5.41) is 0. The lowest BCUT2D eigenvalue weighted by atomic mass is 10.1. The Morgan fingerprint density at radius 1 is 1.40 bits per heavy atom. The van der Waals surface area contributed by atoms with Gasteiger partial charge in [0.25, 0.3) is 0 Å². The van der Waals surface area contributed by atoms with Crippen LogP contribution in [0.1, 0.15) is 24.0 Å². The Bertz CT molecular complexity index is 562. The summed E-state index contributed by atoms with van der Waals surface area (Å²) in [5.74, 6) is -0.115. The van der Waals surface area contributed by atoms with Gasteiger partial charge in [0.1, 0.15) is 0 Å². The number of ketones is 1. The van der Waals surface area contributed by atoms with Gasteiger partial charge in [-0.15, -0.1) is 11.8 Å². The molecule has 108 valence electrons. The van der Waals surface area contributed by atoms with Crippen molar-refractivity contribution in [3.8, 4) is 0 Å². The van der Waals surface area contributed by atoms with E-state index in [1.54, 1.807) is 6.26 Å². The van der Waals surface area contributed by atoms with Crippen molar-refractivity contribution in [1.82, 2.24) is 0 Å². The lowest BCUT2D eigenvalue weighted by molar-refractivity contribution is -0.137. The molecular weight excluding hydrogens is 287 g/mol. The Labute approximate surface area is 119 Å². The Balaban J connectivity index is 2.32. The summed E-state index contributed by atoms with van der Waals surface area (Å²) in [4.78, 5) is 12.2. The highest BCUT2D eigenvalue weighted by Crippen LogP contribution is 2.35. The second-order valence-corrected chi connectivity index (χ2v) is 5.54. The molecule has 20 heavy (non-hydrogen) atoms. The molecule has 1 aliphatic carbocycles. The molecule has 0 spiro atoms. The molecule has 1 aromatic carbocycles. The quantitative estimate of drug-likeness (QED) is 0.681. The minimum absolute atomic E-state index is 0.00146. The van der Waals surface area contributed by atoms with Gasteiger partial charge < -0.3 is 5.73 Å². The van der Waals surface area contributed by atoms with Crippen LogP contribution in [0.25, 0.3) is 6.08 Å². The molecular formula is C14H14F3NOS. The molecule has 0 aliphatic heterocycles. The van der Waals surface area contributed by atoms with Gasteiger partial charge >= 0.3 is 6.18 Å². The third-order valence-electron chi connectivity index (χ3n) is 3.10. The summed E-state index contributed by atoms with van der Waals surface area (Å²) >= 11 is 1.19. The van der Waals surface area contributed by atoms with E-state index in [1.165, 1.54) is 23.9 Å². The van der Waals surface area contributed by atoms with E-state index in [4.69, 9.17) is 5.73 Å². The van der Waals surface area contributed by atoms with Crippen molar-refractivity contribution < 1.29 is 18.0 Å². The van der Waals surface area contributed by atoms with Crippen LogP contribution in [0.5, 0.6) is 0 Å². The number of benzene rings is 1. The van der Waals surface area contributed by atoms with Gasteiger partial charge in [0.2, 0.25) is 0 Å². The fourth-order valence-electron chi connectivity index (χ4n) is 1.83. The zero-order valence-electron chi connectivity index (χ0n) is 10.8. The molecule has 0 aromatic heterocycles. The highest BCUT2D eigenvalue weighted by atomic mass is 32.2. The van der Waals surface area contributed by atoms with E-state index in [0.29, 0.717) is 10.5 Å². The molecule has 0 saturated heterocycles. The van der Waals surface area contributed by atoms with E-state index in [9.17, 15) is 18.0 Å². The molecule has 1 saturated carbocycles. The van der Waals surface area contributed by atoms with Crippen molar-refractivity contribution in [1.29, 1.82) is 0 Å². The maximum atomic E-state index is 12.6. The zero-order chi connectivity index (χ0) is 14.9. The molecule has 0 heterocycles. The van der Waals surface area contributed by atoms with Crippen LogP contribution in [0, 0.1) is 5.92 Å². The third kappa shape index (κ3) is 3.36. The average Bonchev–Trinajstić information content (AvgIpc) is 3.21. The number of hydrogen-bond donors (Lipinski definition) is 1. The monoisotopic (exact) mass is 301 g/mol. The van der Waals surface area contributed by atoms with Gasteiger partial charge in [0, 0.05) is 10.8 Å². The number of halogens is 3. The maximum absolute atomic E-state index is 12.6. The SMILES string of the molecule is CSc1cc(C(F)(F)F)ccc1/C=C(\N)C(=O)C1CC1. The smallest absolute Gasteiger partial charge is 0.396 e. The number of carbonyl (C=O) groups is 1. The van der Waals surface area contributed by atoms with Crippen LogP contribution in [0.4, 0.5) is 13.2 Å². The molecule has 1 aliphatic rings. The fourth-order valence-corrected chi connectivity index (χ4v) is 2.43. The molecule has 0 bridgehead atoms. The van der Waals surface area contributed by atoms with Gasteiger partial charge in [-0.2, -0.15) is 13.2 Å². The minimum Gasteiger partial charge on any atom is -0.396 e. The van der Waals surface area contributed by atoms with E-state index in [-0.39, 0.29) is 17.4 Å². The summed E-state index contributed by atoms with van der Waals surface area (Å²) in [7, 11) is 0. The molecule has 6 heteroatoms. The van der Waals surface area contributed by atoms with Crippen molar-refractivity contribution in [3.05, 3.63) is 35.0 Å². The molecule has 1 fully saturated rings. The van der Waals surface area contributed by atoms with Crippen molar-refractivity contribution >= 4 is 23.6 Å². The molecule has 2 rings (SSSR count). The lowest BCUT2D eigenvalue weighted by Crippen LogP contribution is -2.12. The first kappa shape index (κ1) is 15.0. The molecule has 0 unspecified atom stereocenters. The number of carbonyl (C=O) groups excluding carboxylic acids is 1. The fraction of sp³-hybridized carbons (Fsp3) is 0.357. The van der Waals surface area contributed by atoms with Crippen molar-refractivity contribution in [2.75, 3.05) is 6.26 Å². The van der Waals surface area contributed by atoms with E-state index >= 15 is 0 Å². The van der Waals surface area contributed by atoms with Crippen LogP contribution in [-0.4, -0.2) is 12.0 Å². The molecule has 1 aromatic rings. The highest BCUT2D eigenvalue weighted by Gasteiger charge is 2.32. The molecule has 0 amide bonds. The first-order valence-corrected chi connectivity index (χ1v) is 7.32. The molecule has 2 nitrogen and oxygen atoms in total. The van der Waals surface area contributed by atoms with Gasteiger partial charge in [-0.3, -0.25) is 4.79 Å². The van der Waals surface area contributed by atoms with Crippen LogP contribution >= 0.6 is 11.8 Å². The predicted octanol–water partition coefficient (Wildman–Crippen LogP) is 3.71. The molecule has 0 radical (unpaired) electrons. The first-order chi connectivity index (χ1) is 9.32. The number of thioether (sulfide) groups is 1. The molecule has 2 N–H and O–H groups in total. The maximum Gasteiger partial charge on any atom is 0.416 e. The van der Waals surface area contributed by atoms with Crippen LogP contribution in [0.2, 0.25) is 0 Å². The van der Waals surface area contributed by atoms with Gasteiger partial charge in [-0.25, -0.2) is 0 Å². The normalized spacial score (nSPS) is 16.3. The topological polar surface area (TPSA) is 43.1 Å². The van der Waals surface area contributed by atoms with Gasteiger partial charge in [-0.05, 0) is 42.9 Å². The number of nitrogens with two attached hydrogens (primary N) is 1. The van der Waals surface area contributed by atoms with Crippen LogP contribution < -0.4 is 5.73 Å². The van der Waals surface area contributed by atoms with Crippen molar-refractivity contribution in [3.63, 3.8) is 0 Å². The largest absolute Gasteiger partial charge is 0.416 e. The highest BCUT2D eigenvalue weighted by molar-refractivity contribution is 7.98. The zero-order valence-corrected chi connectivity index (χ0v) is 11.6. The summed E-state index contributed by atoms with van der Waals surface area (Å²) < 4.78 is 37.9. The minimum atomic E-state index is -4.37. The van der Waals surface area contributed by atoms with Gasteiger partial charge in [0.05, 0.1) is 11.3 Å². The third-order valence-corrected chi connectivity index (χ3v) is 3.90. The molecule has 0 atom stereocenters. The summed E-state index contributed by atoms with van der Waals surface area (Å²) in [6.07, 6.45) is 0.464. The predicted molar refractivity (Wildman–Crippen MR) is 73.1 cm³/mol. The number of Topliss-reactive ketones (excluding diaryl/α,β-unsaturated/α-hetero) is 1. The van der Waals surface area contributed by atoms with Crippen LogP contribution in [-0.2, 0) is 11.0 Å². The van der Waals surface area contributed by atoms with E-state index in [2.05, 4.69) is 0 Å². The summed E-state index contributed by atoms with van der Waals surface area (Å²) in [6.45, 7) is 0. The lowest BCUT2D eigenvalue weighted by Gasteiger charge is -2.10. The van der Waals surface area contributed by atoms with Crippen molar-refractivity contribution in [2.24, 2.45) is 11.7 Å². The first-order valence-electron chi connectivity index (χ1n) is 6.09. The second kappa shape index (κ2) is 5.52. The van der Waals surface area contributed by atoms with E-state index in [1.807, 2.05) is 0 Å². The van der Waals surface area contributed by atoms with Crippen LogP contribution in [0.3, 0.4) is 0 Å². The Morgan fingerprint density at radius 2 is 2.05 bits per heavy atom. The number of alkyl halides is 3. The Morgan fingerprint density at radius 3 is 2.55 bits per heavy atom.